The molecular weight excluding hydrogens is 316 g/mol. The van der Waals surface area contributed by atoms with E-state index in [9.17, 15) is 9.59 Å². The molecule has 1 N–H and O–H groups in total. The number of pyridine rings is 1. The van der Waals surface area contributed by atoms with Gasteiger partial charge in [0, 0.05) is 19.3 Å². The molecule has 1 atom stereocenters. The van der Waals surface area contributed by atoms with Crippen molar-refractivity contribution in [1.29, 1.82) is 0 Å². The molecule has 1 aliphatic heterocycles. The maximum absolute atomic E-state index is 12.5. The molecule has 1 saturated heterocycles. The number of rotatable bonds is 4. The normalized spacial score (nSPS) is 16.3. The summed E-state index contributed by atoms with van der Waals surface area (Å²) in [7, 11) is 0. The molecule has 0 radical (unpaired) electrons. The predicted octanol–water partition coefficient (Wildman–Crippen LogP) is 1.06. The van der Waals surface area contributed by atoms with Gasteiger partial charge in [0.25, 0.3) is 5.91 Å². The summed E-state index contributed by atoms with van der Waals surface area (Å²) in [6.07, 6.45) is 2.20. The number of hydrogen-bond acceptors (Lipinski definition) is 6. The van der Waals surface area contributed by atoms with Crippen LogP contribution in [-0.4, -0.2) is 59.0 Å². The predicted molar refractivity (Wildman–Crippen MR) is 86.4 cm³/mol. The number of aromatic nitrogens is 2. The molecule has 2 aromatic heterocycles. The third kappa shape index (κ3) is 3.48. The number of hydrogen-bond donors (Lipinski definition) is 1. The van der Waals surface area contributed by atoms with Gasteiger partial charge in [0.1, 0.15) is 16.4 Å². The second-order valence-electron chi connectivity index (χ2n) is 5.22. The number of amides is 2. The van der Waals surface area contributed by atoms with Crippen LogP contribution in [0.1, 0.15) is 23.1 Å². The van der Waals surface area contributed by atoms with Gasteiger partial charge in [0.05, 0.1) is 13.2 Å². The van der Waals surface area contributed by atoms with E-state index in [0.29, 0.717) is 48.1 Å². The van der Waals surface area contributed by atoms with E-state index in [-0.39, 0.29) is 11.8 Å². The number of ether oxygens (including phenoxy) is 1. The van der Waals surface area contributed by atoms with Crippen LogP contribution in [0.2, 0.25) is 0 Å². The van der Waals surface area contributed by atoms with Gasteiger partial charge >= 0.3 is 0 Å². The number of carbonyl (C=O) groups is 2. The van der Waals surface area contributed by atoms with Crippen LogP contribution in [0.25, 0.3) is 10.3 Å². The number of nitrogens with zero attached hydrogens (tertiary/aromatic N) is 3. The zero-order valence-corrected chi connectivity index (χ0v) is 13.6. The SMILES string of the molecule is CCC(NC(=O)c1nc2cccnc2s1)C(=O)N1CCOCC1. The van der Waals surface area contributed by atoms with Crippen LogP contribution in [0, 0.1) is 0 Å². The first kappa shape index (κ1) is 15.8. The molecule has 2 aromatic rings. The van der Waals surface area contributed by atoms with E-state index in [2.05, 4.69) is 15.3 Å². The molecule has 0 aliphatic carbocycles. The molecule has 23 heavy (non-hydrogen) atoms. The molecule has 3 rings (SSSR count). The molecule has 0 bridgehead atoms. The second kappa shape index (κ2) is 7.01. The molecule has 1 unspecified atom stereocenters. The number of fused-ring (bicyclic) bond motifs is 1. The Morgan fingerprint density at radius 3 is 2.91 bits per heavy atom. The van der Waals surface area contributed by atoms with Crippen molar-refractivity contribution in [3.63, 3.8) is 0 Å². The highest BCUT2D eigenvalue weighted by atomic mass is 32.1. The highest BCUT2D eigenvalue weighted by Crippen LogP contribution is 2.19. The molecular formula is C15H18N4O3S. The molecule has 1 aliphatic rings. The van der Waals surface area contributed by atoms with E-state index in [1.54, 1.807) is 17.2 Å². The Morgan fingerprint density at radius 2 is 2.22 bits per heavy atom. The molecule has 0 aromatic carbocycles. The Morgan fingerprint density at radius 1 is 1.43 bits per heavy atom. The van der Waals surface area contributed by atoms with Crippen molar-refractivity contribution in [3.05, 3.63) is 23.3 Å². The minimum absolute atomic E-state index is 0.0663. The van der Waals surface area contributed by atoms with Crippen LogP contribution in [-0.2, 0) is 9.53 Å². The van der Waals surface area contributed by atoms with Crippen molar-refractivity contribution in [2.75, 3.05) is 26.3 Å². The highest BCUT2D eigenvalue weighted by molar-refractivity contribution is 7.19. The maximum Gasteiger partial charge on any atom is 0.281 e. The van der Waals surface area contributed by atoms with Crippen LogP contribution in [0.15, 0.2) is 18.3 Å². The quantitative estimate of drug-likeness (QED) is 0.904. The first-order valence-corrected chi connectivity index (χ1v) is 8.39. The molecule has 0 spiro atoms. The van der Waals surface area contributed by atoms with Gasteiger partial charge in [0.15, 0.2) is 5.01 Å². The lowest BCUT2D eigenvalue weighted by Gasteiger charge is -2.30. The summed E-state index contributed by atoms with van der Waals surface area (Å²) in [6.45, 7) is 4.09. The van der Waals surface area contributed by atoms with Gasteiger partial charge < -0.3 is 15.0 Å². The monoisotopic (exact) mass is 334 g/mol. The molecule has 3 heterocycles. The lowest BCUT2D eigenvalue weighted by molar-refractivity contribution is -0.137. The summed E-state index contributed by atoms with van der Waals surface area (Å²) >= 11 is 1.23. The maximum atomic E-state index is 12.5. The standard InChI is InChI=1S/C15H18N4O3S/c1-2-10(15(21)19-6-8-22-9-7-19)17-12(20)14-18-11-4-3-5-16-13(11)23-14/h3-5,10H,2,6-9H2,1H3,(H,17,20). The highest BCUT2D eigenvalue weighted by Gasteiger charge is 2.27. The van der Waals surface area contributed by atoms with Gasteiger partial charge in [-0.05, 0) is 18.6 Å². The molecule has 122 valence electrons. The van der Waals surface area contributed by atoms with Gasteiger partial charge in [-0.15, -0.1) is 0 Å². The smallest absolute Gasteiger partial charge is 0.281 e. The minimum Gasteiger partial charge on any atom is -0.378 e. The van der Waals surface area contributed by atoms with Crippen LogP contribution in [0.5, 0.6) is 0 Å². The summed E-state index contributed by atoms with van der Waals surface area (Å²) in [4.78, 5) is 35.8. The summed E-state index contributed by atoms with van der Waals surface area (Å²) in [6, 6.07) is 3.05. The van der Waals surface area contributed by atoms with E-state index < -0.39 is 6.04 Å². The van der Waals surface area contributed by atoms with Crippen molar-refractivity contribution >= 4 is 33.5 Å². The van der Waals surface area contributed by atoms with Crippen molar-refractivity contribution < 1.29 is 14.3 Å². The summed E-state index contributed by atoms with van der Waals surface area (Å²) in [5.74, 6) is -0.398. The summed E-state index contributed by atoms with van der Waals surface area (Å²) in [5.41, 5.74) is 0.690. The molecule has 2 amide bonds. The second-order valence-corrected chi connectivity index (χ2v) is 6.20. The van der Waals surface area contributed by atoms with E-state index in [4.69, 9.17) is 4.74 Å². The number of thiazole rings is 1. The Kier molecular flexibility index (Phi) is 4.82. The fraction of sp³-hybridized carbons (Fsp3) is 0.467. The topological polar surface area (TPSA) is 84.4 Å². The van der Waals surface area contributed by atoms with Crippen LogP contribution in [0.3, 0.4) is 0 Å². The molecule has 8 heteroatoms. The third-order valence-electron chi connectivity index (χ3n) is 3.70. The van der Waals surface area contributed by atoms with Crippen molar-refractivity contribution in [1.82, 2.24) is 20.2 Å². The number of nitrogens with one attached hydrogen (secondary N) is 1. The average Bonchev–Trinajstić information content (AvgIpc) is 3.04. The van der Waals surface area contributed by atoms with E-state index in [1.807, 2.05) is 13.0 Å². The third-order valence-corrected chi connectivity index (χ3v) is 4.67. The minimum atomic E-state index is -0.541. The van der Waals surface area contributed by atoms with Gasteiger partial charge in [-0.2, -0.15) is 0 Å². The zero-order chi connectivity index (χ0) is 16.2. The van der Waals surface area contributed by atoms with Gasteiger partial charge in [-0.25, -0.2) is 9.97 Å². The number of carbonyl (C=O) groups excluding carboxylic acids is 2. The Balaban J connectivity index is 1.70. The van der Waals surface area contributed by atoms with E-state index in [1.165, 1.54) is 11.3 Å². The van der Waals surface area contributed by atoms with Crippen LogP contribution < -0.4 is 5.32 Å². The Hall–Kier alpha value is -2.06. The van der Waals surface area contributed by atoms with Gasteiger partial charge in [-0.1, -0.05) is 18.3 Å². The van der Waals surface area contributed by atoms with Crippen molar-refractivity contribution in [2.45, 2.75) is 19.4 Å². The average molecular weight is 334 g/mol. The van der Waals surface area contributed by atoms with Gasteiger partial charge in [0.2, 0.25) is 5.91 Å². The van der Waals surface area contributed by atoms with Crippen LogP contribution >= 0.6 is 11.3 Å². The fourth-order valence-electron chi connectivity index (χ4n) is 2.43. The van der Waals surface area contributed by atoms with E-state index >= 15 is 0 Å². The Bertz CT molecular complexity index is 679. The first-order valence-electron chi connectivity index (χ1n) is 7.58. The van der Waals surface area contributed by atoms with Crippen molar-refractivity contribution in [3.8, 4) is 0 Å². The lowest BCUT2D eigenvalue weighted by atomic mass is 10.2. The number of morpholine rings is 1. The van der Waals surface area contributed by atoms with E-state index in [0.717, 1.165) is 0 Å². The summed E-state index contributed by atoms with van der Waals surface area (Å²) < 4.78 is 5.25. The molecule has 1 fully saturated rings. The summed E-state index contributed by atoms with van der Waals surface area (Å²) in [5, 5.41) is 3.12. The lowest BCUT2D eigenvalue weighted by Crippen LogP contribution is -2.51. The Labute approximate surface area is 137 Å². The zero-order valence-electron chi connectivity index (χ0n) is 12.8. The first-order chi connectivity index (χ1) is 11.2. The van der Waals surface area contributed by atoms with Crippen molar-refractivity contribution in [2.24, 2.45) is 0 Å². The van der Waals surface area contributed by atoms with Gasteiger partial charge in [-0.3, -0.25) is 9.59 Å². The van der Waals surface area contributed by atoms with Crippen LogP contribution in [0.4, 0.5) is 0 Å². The largest absolute Gasteiger partial charge is 0.378 e. The fourth-order valence-corrected chi connectivity index (χ4v) is 3.24. The molecule has 0 saturated carbocycles. The molecule has 7 nitrogen and oxygen atoms in total.